The van der Waals surface area contributed by atoms with Gasteiger partial charge in [0.05, 0.1) is 11.1 Å². The molecule has 0 aliphatic heterocycles. The van der Waals surface area contributed by atoms with Gasteiger partial charge in [-0.3, -0.25) is 4.79 Å². The number of rotatable bonds is 7. The lowest BCUT2D eigenvalue weighted by molar-refractivity contribution is -0.120. The summed E-state index contributed by atoms with van der Waals surface area (Å²) in [7, 11) is 0. The van der Waals surface area contributed by atoms with E-state index in [1.165, 1.54) is 5.56 Å². The maximum atomic E-state index is 13.8. The maximum Gasteiger partial charge on any atom is 0.265 e. The molecule has 0 saturated carbocycles. The molecule has 0 radical (unpaired) electrons. The summed E-state index contributed by atoms with van der Waals surface area (Å²) in [6, 6.07) is 17.0. The molecule has 0 bridgehead atoms. The van der Waals surface area contributed by atoms with E-state index in [-0.39, 0.29) is 17.9 Å². The molecule has 2 rings (SSSR count). The average Bonchev–Trinajstić information content (AvgIpc) is 2.67. The molecule has 2 aromatic rings. The van der Waals surface area contributed by atoms with Gasteiger partial charge >= 0.3 is 0 Å². The first-order chi connectivity index (χ1) is 13.2. The van der Waals surface area contributed by atoms with Gasteiger partial charge in [0.2, 0.25) is 0 Å². The number of hydrogen-bond donors (Lipinski definition) is 1. The Morgan fingerprint density at radius 1 is 1.00 bits per heavy atom. The minimum atomic E-state index is -0.888. The lowest BCUT2D eigenvalue weighted by Crippen LogP contribution is -2.33. The van der Waals surface area contributed by atoms with Crippen LogP contribution in [0.15, 0.2) is 59.8 Å². The van der Waals surface area contributed by atoms with Crippen molar-refractivity contribution in [3.05, 3.63) is 65.7 Å². The lowest BCUT2D eigenvalue weighted by Gasteiger charge is -2.26. The van der Waals surface area contributed by atoms with Crippen LogP contribution in [-0.4, -0.2) is 24.9 Å². The van der Waals surface area contributed by atoms with Crippen LogP contribution in [-0.2, 0) is 20.5 Å². The van der Waals surface area contributed by atoms with Gasteiger partial charge in [-0.05, 0) is 42.5 Å². The second kappa shape index (κ2) is 9.00. The predicted molar refractivity (Wildman–Crippen MR) is 113 cm³/mol. The van der Waals surface area contributed by atoms with Gasteiger partial charge in [-0.15, -0.1) is 0 Å². The number of alkyl halides is 1. The molecule has 1 atom stereocenters. The van der Waals surface area contributed by atoms with Gasteiger partial charge < -0.3 is 10.2 Å². The standard InChI is InChI=1S/C23H29FN2O2/c1-17(23(5,16-24)19-9-7-6-8-10-19)26-28-15-21(27)25-20-13-11-18(12-14-20)22(2,3)4/h6-14H,15-16H2,1-5H3,(H,25,27)/b26-17+. The summed E-state index contributed by atoms with van der Waals surface area (Å²) in [5.41, 5.74) is 2.34. The molecular weight excluding hydrogens is 355 g/mol. The van der Waals surface area contributed by atoms with Crippen LogP contribution in [0.4, 0.5) is 10.1 Å². The highest BCUT2D eigenvalue weighted by Crippen LogP contribution is 2.26. The number of nitrogens with one attached hydrogen (secondary N) is 1. The maximum absolute atomic E-state index is 13.8. The molecule has 0 spiro atoms. The van der Waals surface area contributed by atoms with Crippen LogP contribution in [0, 0.1) is 0 Å². The van der Waals surface area contributed by atoms with E-state index in [0.717, 1.165) is 5.56 Å². The average molecular weight is 384 g/mol. The largest absolute Gasteiger partial charge is 0.386 e. The van der Waals surface area contributed by atoms with Gasteiger partial charge in [0.15, 0.2) is 6.61 Å². The van der Waals surface area contributed by atoms with Crippen molar-refractivity contribution in [2.24, 2.45) is 5.16 Å². The molecule has 150 valence electrons. The van der Waals surface area contributed by atoms with E-state index in [4.69, 9.17) is 4.84 Å². The van der Waals surface area contributed by atoms with Crippen LogP contribution >= 0.6 is 0 Å². The molecule has 0 aliphatic rings. The molecule has 2 aromatic carbocycles. The van der Waals surface area contributed by atoms with Crippen molar-refractivity contribution in [2.45, 2.75) is 45.4 Å². The highest BCUT2D eigenvalue weighted by Gasteiger charge is 2.31. The summed E-state index contributed by atoms with van der Waals surface area (Å²) >= 11 is 0. The Morgan fingerprint density at radius 3 is 2.14 bits per heavy atom. The third-order valence-electron chi connectivity index (χ3n) is 4.91. The number of anilines is 1. The van der Waals surface area contributed by atoms with Crippen LogP contribution in [0.25, 0.3) is 0 Å². The van der Waals surface area contributed by atoms with Gasteiger partial charge in [-0.1, -0.05) is 68.4 Å². The number of carbonyl (C=O) groups excluding carboxylic acids is 1. The zero-order valence-electron chi connectivity index (χ0n) is 17.3. The minimum absolute atomic E-state index is 0.0553. The van der Waals surface area contributed by atoms with Crippen molar-refractivity contribution in [1.82, 2.24) is 0 Å². The van der Waals surface area contributed by atoms with Crippen LogP contribution < -0.4 is 5.32 Å². The van der Waals surface area contributed by atoms with Crippen LogP contribution in [0.3, 0.4) is 0 Å². The number of carbonyl (C=O) groups is 1. The highest BCUT2D eigenvalue weighted by molar-refractivity contribution is 5.93. The third kappa shape index (κ3) is 5.41. The fraction of sp³-hybridized carbons (Fsp3) is 0.391. The first kappa shape index (κ1) is 21.6. The fourth-order valence-electron chi connectivity index (χ4n) is 2.73. The fourth-order valence-corrected chi connectivity index (χ4v) is 2.73. The van der Waals surface area contributed by atoms with Crippen LogP contribution in [0.2, 0.25) is 0 Å². The minimum Gasteiger partial charge on any atom is -0.386 e. The lowest BCUT2D eigenvalue weighted by atomic mass is 9.80. The highest BCUT2D eigenvalue weighted by atomic mass is 19.1. The Morgan fingerprint density at radius 2 is 1.61 bits per heavy atom. The van der Waals surface area contributed by atoms with E-state index < -0.39 is 12.1 Å². The Hall–Kier alpha value is -2.69. The number of nitrogens with zero attached hydrogens (tertiary/aromatic N) is 1. The Kier molecular flexibility index (Phi) is 6.95. The Balaban J connectivity index is 1.95. The van der Waals surface area contributed by atoms with E-state index in [1.807, 2.05) is 54.6 Å². The normalized spacial score (nSPS) is 14.3. The van der Waals surface area contributed by atoms with E-state index in [0.29, 0.717) is 11.4 Å². The molecule has 1 amide bonds. The summed E-state index contributed by atoms with van der Waals surface area (Å²) in [6.07, 6.45) is 0. The first-order valence-electron chi connectivity index (χ1n) is 9.36. The van der Waals surface area contributed by atoms with Gasteiger partial charge in [-0.25, -0.2) is 4.39 Å². The summed E-state index contributed by atoms with van der Waals surface area (Å²) in [4.78, 5) is 17.3. The zero-order chi connectivity index (χ0) is 20.8. The zero-order valence-corrected chi connectivity index (χ0v) is 17.3. The molecule has 1 unspecified atom stereocenters. The number of oxime groups is 1. The number of benzene rings is 2. The third-order valence-corrected chi connectivity index (χ3v) is 4.91. The Labute approximate surface area is 166 Å². The van der Waals surface area contributed by atoms with Crippen molar-refractivity contribution < 1.29 is 14.0 Å². The van der Waals surface area contributed by atoms with Crippen molar-refractivity contribution in [3.8, 4) is 0 Å². The van der Waals surface area contributed by atoms with Gasteiger partial charge in [-0.2, -0.15) is 0 Å². The molecule has 1 N–H and O–H groups in total. The second-order valence-electron chi connectivity index (χ2n) is 8.16. The molecule has 28 heavy (non-hydrogen) atoms. The molecule has 0 heterocycles. The summed E-state index contributed by atoms with van der Waals surface area (Å²) in [6.45, 7) is 9.02. The second-order valence-corrected chi connectivity index (χ2v) is 8.16. The summed E-state index contributed by atoms with van der Waals surface area (Å²) < 4.78 is 13.8. The Bertz CT molecular complexity index is 811. The number of halogens is 1. The molecule has 0 fully saturated rings. The first-order valence-corrected chi connectivity index (χ1v) is 9.36. The van der Waals surface area contributed by atoms with Crippen molar-refractivity contribution in [1.29, 1.82) is 0 Å². The smallest absolute Gasteiger partial charge is 0.265 e. The van der Waals surface area contributed by atoms with Crippen molar-refractivity contribution in [2.75, 3.05) is 18.6 Å². The van der Waals surface area contributed by atoms with Gasteiger partial charge in [0, 0.05) is 5.69 Å². The molecule has 4 nitrogen and oxygen atoms in total. The number of hydrogen-bond acceptors (Lipinski definition) is 3. The van der Waals surface area contributed by atoms with E-state index in [2.05, 4.69) is 31.2 Å². The van der Waals surface area contributed by atoms with Gasteiger partial charge in [0.25, 0.3) is 5.91 Å². The molecular formula is C23H29FN2O2. The van der Waals surface area contributed by atoms with E-state index in [1.54, 1.807) is 13.8 Å². The SMILES string of the molecule is C/C(=N\OCC(=O)Nc1ccc(C(C)(C)C)cc1)C(C)(CF)c1ccccc1. The molecule has 0 aromatic heterocycles. The van der Waals surface area contributed by atoms with Crippen LogP contribution in [0.5, 0.6) is 0 Å². The van der Waals surface area contributed by atoms with Gasteiger partial charge in [0.1, 0.15) is 6.67 Å². The molecule has 0 aliphatic carbocycles. The number of amides is 1. The van der Waals surface area contributed by atoms with E-state index >= 15 is 0 Å². The van der Waals surface area contributed by atoms with E-state index in [9.17, 15) is 9.18 Å². The topological polar surface area (TPSA) is 50.7 Å². The molecule has 0 saturated heterocycles. The molecule has 5 heteroatoms. The predicted octanol–water partition coefficient (Wildman–Crippen LogP) is 5.24. The van der Waals surface area contributed by atoms with Crippen molar-refractivity contribution in [3.63, 3.8) is 0 Å². The van der Waals surface area contributed by atoms with Crippen molar-refractivity contribution >= 4 is 17.3 Å². The summed E-state index contributed by atoms with van der Waals surface area (Å²) in [5.74, 6) is -0.318. The van der Waals surface area contributed by atoms with Crippen LogP contribution in [0.1, 0.15) is 45.7 Å². The summed E-state index contributed by atoms with van der Waals surface area (Å²) in [5, 5.41) is 6.76. The monoisotopic (exact) mass is 384 g/mol. The quantitative estimate of drug-likeness (QED) is 0.524.